The van der Waals surface area contributed by atoms with Crippen LogP contribution in [0.3, 0.4) is 0 Å². The summed E-state index contributed by atoms with van der Waals surface area (Å²) in [7, 11) is 2.84. The van der Waals surface area contributed by atoms with Crippen LogP contribution in [0.2, 0.25) is 0 Å². The number of rotatable bonds is 9. The number of esters is 1. The van der Waals surface area contributed by atoms with Crippen LogP contribution in [0.5, 0.6) is 17.2 Å². The second-order valence-corrected chi connectivity index (χ2v) is 5.80. The van der Waals surface area contributed by atoms with E-state index >= 15 is 0 Å². The molecule has 0 aliphatic rings. The fourth-order valence-corrected chi connectivity index (χ4v) is 2.25. The Bertz CT molecular complexity index is 940. The maximum atomic E-state index is 12.1. The van der Waals surface area contributed by atoms with Crippen LogP contribution in [0.15, 0.2) is 42.5 Å². The summed E-state index contributed by atoms with van der Waals surface area (Å²) in [5.41, 5.74) is 5.33. The topological polar surface area (TPSA) is 143 Å². The molecule has 3 N–H and O–H groups in total. The molecular weight excluding hydrogens is 396 g/mol. The second kappa shape index (κ2) is 10.5. The molecule has 0 unspecified atom stereocenters. The molecule has 0 atom stereocenters. The predicted molar refractivity (Wildman–Crippen MR) is 103 cm³/mol. The molecule has 0 spiro atoms. The number of nitrogens with one attached hydrogen (secondary N) is 1. The van der Waals surface area contributed by atoms with Crippen molar-refractivity contribution in [1.82, 2.24) is 5.32 Å². The van der Waals surface area contributed by atoms with Gasteiger partial charge in [0, 0.05) is 5.56 Å². The standard InChI is InChI=1S/C20H20N2O8/c1-27-14-6-3-12(4-7-14)19(25)22-18(24)11-30-20(26)13-5-8-15(16(9-13)28-2)29-10-17(21)23/h3-9H,10-11H2,1-2H3,(H2,21,23)(H,22,24,25). The lowest BCUT2D eigenvalue weighted by molar-refractivity contribution is -0.123. The Hall–Kier alpha value is -4.08. The van der Waals surface area contributed by atoms with Crippen LogP contribution in [-0.2, 0) is 14.3 Å². The van der Waals surface area contributed by atoms with E-state index in [1.54, 1.807) is 12.1 Å². The monoisotopic (exact) mass is 416 g/mol. The van der Waals surface area contributed by atoms with Crippen LogP contribution in [0, 0.1) is 0 Å². The Labute approximate surface area is 171 Å². The molecule has 10 nitrogen and oxygen atoms in total. The number of imide groups is 1. The summed E-state index contributed by atoms with van der Waals surface area (Å²) in [6.45, 7) is -1.02. The van der Waals surface area contributed by atoms with E-state index in [4.69, 9.17) is 24.7 Å². The van der Waals surface area contributed by atoms with Crippen LogP contribution in [0.25, 0.3) is 0 Å². The van der Waals surface area contributed by atoms with Gasteiger partial charge in [-0.2, -0.15) is 0 Å². The number of nitrogens with two attached hydrogens (primary N) is 1. The number of hydrogen-bond acceptors (Lipinski definition) is 8. The van der Waals surface area contributed by atoms with Gasteiger partial charge in [0.1, 0.15) is 5.75 Å². The third-order valence-electron chi connectivity index (χ3n) is 3.71. The first kappa shape index (κ1) is 22.2. The van der Waals surface area contributed by atoms with Gasteiger partial charge < -0.3 is 24.7 Å². The number of benzene rings is 2. The quantitative estimate of drug-likeness (QED) is 0.568. The van der Waals surface area contributed by atoms with Gasteiger partial charge in [-0.05, 0) is 42.5 Å². The zero-order valence-corrected chi connectivity index (χ0v) is 16.3. The number of ether oxygens (including phenoxy) is 4. The van der Waals surface area contributed by atoms with E-state index in [-0.39, 0.29) is 29.2 Å². The van der Waals surface area contributed by atoms with Crippen molar-refractivity contribution in [3.8, 4) is 17.2 Å². The summed E-state index contributed by atoms with van der Waals surface area (Å²) in [6, 6.07) is 10.2. The zero-order chi connectivity index (χ0) is 22.1. The van der Waals surface area contributed by atoms with E-state index in [1.165, 1.54) is 44.6 Å². The average molecular weight is 416 g/mol. The van der Waals surface area contributed by atoms with E-state index in [1.807, 2.05) is 0 Å². The summed E-state index contributed by atoms with van der Waals surface area (Å²) in [5.74, 6) is -1.99. The number of hydrogen-bond donors (Lipinski definition) is 2. The number of carbonyl (C=O) groups is 4. The lowest BCUT2D eigenvalue weighted by atomic mass is 10.2. The summed E-state index contributed by atoms with van der Waals surface area (Å²) in [4.78, 5) is 46.9. The van der Waals surface area contributed by atoms with Crippen molar-refractivity contribution in [3.05, 3.63) is 53.6 Å². The van der Waals surface area contributed by atoms with Crippen LogP contribution < -0.4 is 25.3 Å². The summed E-state index contributed by atoms with van der Waals surface area (Å²) >= 11 is 0. The highest BCUT2D eigenvalue weighted by atomic mass is 16.5. The van der Waals surface area contributed by atoms with Crippen molar-refractivity contribution < 1.29 is 38.1 Å². The maximum absolute atomic E-state index is 12.1. The maximum Gasteiger partial charge on any atom is 0.338 e. The van der Waals surface area contributed by atoms with Gasteiger partial charge >= 0.3 is 5.97 Å². The summed E-state index contributed by atoms with van der Waals surface area (Å²) in [6.07, 6.45) is 0. The molecule has 10 heteroatoms. The lowest BCUT2D eigenvalue weighted by Gasteiger charge is -2.11. The van der Waals surface area contributed by atoms with E-state index in [0.717, 1.165) is 0 Å². The Balaban J connectivity index is 1.91. The van der Waals surface area contributed by atoms with Gasteiger partial charge in [0.25, 0.3) is 17.7 Å². The molecule has 2 rings (SSSR count). The van der Waals surface area contributed by atoms with Crippen LogP contribution >= 0.6 is 0 Å². The van der Waals surface area contributed by atoms with Crippen molar-refractivity contribution in [2.75, 3.05) is 27.4 Å². The average Bonchev–Trinajstić information content (AvgIpc) is 2.75. The molecule has 30 heavy (non-hydrogen) atoms. The number of primary amides is 1. The smallest absolute Gasteiger partial charge is 0.338 e. The largest absolute Gasteiger partial charge is 0.497 e. The van der Waals surface area contributed by atoms with Crippen LogP contribution in [0.1, 0.15) is 20.7 Å². The van der Waals surface area contributed by atoms with Crippen molar-refractivity contribution in [1.29, 1.82) is 0 Å². The van der Waals surface area contributed by atoms with Crippen molar-refractivity contribution in [2.45, 2.75) is 0 Å². The molecule has 0 radical (unpaired) electrons. The second-order valence-electron chi connectivity index (χ2n) is 5.80. The highest BCUT2D eigenvalue weighted by Crippen LogP contribution is 2.28. The molecule has 0 saturated heterocycles. The Morgan fingerprint density at radius 2 is 1.53 bits per heavy atom. The van der Waals surface area contributed by atoms with Gasteiger partial charge in [0.2, 0.25) is 0 Å². The van der Waals surface area contributed by atoms with E-state index in [0.29, 0.717) is 5.75 Å². The minimum atomic E-state index is -0.818. The van der Waals surface area contributed by atoms with Crippen LogP contribution in [0.4, 0.5) is 0 Å². The Morgan fingerprint density at radius 1 is 0.867 bits per heavy atom. The highest BCUT2D eigenvalue weighted by Gasteiger charge is 2.16. The normalized spacial score (nSPS) is 9.93. The Kier molecular flexibility index (Phi) is 7.74. The summed E-state index contributed by atoms with van der Waals surface area (Å²) in [5, 5.41) is 2.12. The van der Waals surface area contributed by atoms with Gasteiger partial charge in [0.05, 0.1) is 19.8 Å². The Morgan fingerprint density at radius 3 is 2.13 bits per heavy atom. The number of carbonyl (C=O) groups excluding carboxylic acids is 4. The van der Waals surface area contributed by atoms with Crippen molar-refractivity contribution in [2.24, 2.45) is 5.73 Å². The first-order valence-electron chi connectivity index (χ1n) is 8.58. The van der Waals surface area contributed by atoms with Gasteiger partial charge in [-0.25, -0.2) is 4.79 Å². The highest BCUT2D eigenvalue weighted by molar-refractivity contribution is 6.05. The third-order valence-corrected chi connectivity index (χ3v) is 3.71. The molecule has 2 aromatic carbocycles. The van der Waals surface area contributed by atoms with Gasteiger partial charge in [-0.3, -0.25) is 19.7 Å². The molecule has 0 aromatic heterocycles. The minimum absolute atomic E-state index is 0.0764. The van der Waals surface area contributed by atoms with E-state index in [2.05, 4.69) is 5.32 Å². The molecule has 2 aromatic rings. The SMILES string of the molecule is COc1ccc(C(=O)NC(=O)COC(=O)c2ccc(OCC(N)=O)c(OC)c2)cc1. The van der Waals surface area contributed by atoms with E-state index < -0.39 is 30.3 Å². The molecule has 0 bridgehead atoms. The first-order valence-corrected chi connectivity index (χ1v) is 8.58. The molecule has 0 aliphatic heterocycles. The molecule has 158 valence electrons. The first-order chi connectivity index (χ1) is 14.3. The number of amides is 3. The van der Waals surface area contributed by atoms with Gasteiger partial charge in [-0.1, -0.05) is 0 Å². The lowest BCUT2D eigenvalue weighted by Crippen LogP contribution is -2.34. The predicted octanol–water partition coefficient (Wildman–Crippen LogP) is 0.681. The van der Waals surface area contributed by atoms with Crippen molar-refractivity contribution >= 4 is 23.7 Å². The van der Waals surface area contributed by atoms with Crippen molar-refractivity contribution in [3.63, 3.8) is 0 Å². The van der Waals surface area contributed by atoms with Gasteiger partial charge in [-0.15, -0.1) is 0 Å². The molecule has 3 amide bonds. The van der Waals surface area contributed by atoms with Gasteiger partial charge in [0.15, 0.2) is 24.7 Å². The number of methoxy groups -OCH3 is 2. The molecule has 0 heterocycles. The third kappa shape index (κ3) is 6.23. The molecule has 0 aliphatic carbocycles. The molecule has 0 fully saturated rings. The fraction of sp³-hybridized carbons (Fsp3) is 0.200. The van der Waals surface area contributed by atoms with E-state index in [9.17, 15) is 19.2 Å². The molecule has 0 saturated carbocycles. The van der Waals surface area contributed by atoms with Crippen LogP contribution in [-0.4, -0.2) is 51.1 Å². The fourth-order valence-electron chi connectivity index (χ4n) is 2.25. The minimum Gasteiger partial charge on any atom is -0.497 e. The zero-order valence-electron chi connectivity index (χ0n) is 16.3. The molecular formula is C20H20N2O8. The summed E-state index contributed by atoms with van der Waals surface area (Å²) < 4.78 is 20.2.